The molecule has 5 rings (SSSR count). The largest absolute Gasteiger partial charge is 0.323 e. The molecular weight excluding hydrogens is 692 g/mol. The van der Waals surface area contributed by atoms with Gasteiger partial charge in [0.2, 0.25) is 11.8 Å². The number of nitrogens with two attached hydrogens (primary N) is 1. The number of non-ortho nitro benzene ring substituents is 2. The molecule has 14 heteroatoms. The number of imide groups is 2. The summed E-state index contributed by atoms with van der Waals surface area (Å²) >= 11 is 0. The summed E-state index contributed by atoms with van der Waals surface area (Å²) in [6.45, 7) is 9.35. The van der Waals surface area contributed by atoms with Crippen molar-refractivity contribution in [1.29, 1.82) is 0 Å². The maximum Gasteiger partial charge on any atom is 0.270 e. The van der Waals surface area contributed by atoms with E-state index in [1.165, 1.54) is 53.0 Å². The lowest BCUT2D eigenvalue weighted by molar-refractivity contribution is -0.385. The van der Waals surface area contributed by atoms with Crippen LogP contribution in [0.4, 0.5) is 11.4 Å². The van der Waals surface area contributed by atoms with Crippen LogP contribution in [0.1, 0.15) is 116 Å². The highest BCUT2D eigenvalue weighted by atomic mass is 16.6. The van der Waals surface area contributed by atoms with Gasteiger partial charge in [0.1, 0.15) is 0 Å². The zero-order chi connectivity index (χ0) is 39.8. The van der Waals surface area contributed by atoms with Crippen LogP contribution in [0.3, 0.4) is 0 Å². The number of nitro groups is 2. The summed E-state index contributed by atoms with van der Waals surface area (Å²) in [6.07, 6.45) is 14.3. The Morgan fingerprint density at radius 1 is 0.704 bits per heavy atom. The van der Waals surface area contributed by atoms with Crippen LogP contribution in [0, 0.1) is 32.1 Å². The Bertz CT molecular complexity index is 1680. The number of unbranched alkanes of at least 4 members (excludes halogenated alkanes) is 6. The standard InChI is InChI=1S/C20H26N2O4.C10H13N3O2.C10H15NO2/c1-3-5-6-7-12-21-18(23)16-17(19(21)24)20(16,11-4-2)14-9-8-10-15(13-14)22(25)26;1-2-4-10(12-11)8-5-3-6-9(7-8)13(14)15;1-2-3-4-5-8-11-9(12)6-7-10(11)13/h8-10,13,16-17H,3-7,11-12H2,1-2H3;3,5-7H,2,4,11H2,1H3;6-7H,2-5,8H2,1H3. The fourth-order valence-electron chi connectivity index (χ4n) is 7.33. The molecule has 2 N–H and O–H groups in total. The number of carbonyl (C=O) groups is 4. The predicted molar refractivity (Wildman–Crippen MR) is 206 cm³/mol. The van der Waals surface area contributed by atoms with Crippen LogP contribution in [-0.2, 0) is 24.6 Å². The number of likely N-dealkylation sites (tertiary alicyclic amines) is 1. The highest BCUT2D eigenvalue weighted by molar-refractivity contribution is 6.13. The van der Waals surface area contributed by atoms with Gasteiger partial charge in [-0.15, -0.1) is 0 Å². The number of piperidine rings is 1. The van der Waals surface area contributed by atoms with Gasteiger partial charge < -0.3 is 5.84 Å². The number of hydrogen-bond donors (Lipinski definition) is 1. The van der Waals surface area contributed by atoms with Gasteiger partial charge in [-0.25, -0.2) is 0 Å². The number of rotatable bonds is 18. The number of benzene rings is 2. The number of carbonyl (C=O) groups excluding carboxylic acids is 4. The van der Waals surface area contributed by atoms with Crippen molar-refractivity contribution < 1.29 is 29.0 Å². The van der Waals surface area contributed by atoms with Crippen molar-refractivity contribution in [1.82, 2.24) is 9.80 Å². The molecule has 14 nitrogen and oxygen atoms in total. The maximum absolute atomic E-state index is 12.9. The van der Waals surface area contributed by atoms with E-state index in [9.17, 15) is 39.4 Å². The van der Waals surface area contributed by atoms with Crippen molar-refractivity contribution in [3.8, 4) is 0 Å². The molecule has 2 atom stereocenters. The fraction of sp³-hybridized carbons (Fsp3) is 0.525. The second-order valence-electron chi connectivity index (χ2n) is 13.8. The molecular formula is C40H54N6O8. The van der Waals surface area contributed by atoms with E-state index in [1.807, 2.05) is 19.9 Å². The number of hydrazone groups is 1. The zero-order valence-electron chi connectivity index (χ0n) is 31.9. The quantitative estimate of drug-likeness (QED) is 0.0404. The molecule has 2 aromatic rings. The number of nitro benzene ring substituents is 2. The minimum absolute atomic E-state index is 0.0132. The van der Waals surface area contributed by atoms with E-state index in [0.717, 1.165) is 63.4 Å². The van der Waals surface area contributed by atoms with Crippen LogP contribution in [0.15, 0.2) is 65.8 Å². The Morgan fingerprint density at radius 2 is 1.22 bits per heavy atom. The molecule has 54 heavy (non-hydrogen) atoms. The Balaban J connectivity index is 0.000000238. The Labute approximate surface area is 317 Å². The molecule has 0 bridgehead atoms. The predicted octanol–water partition coefficient (Wildman–Crippen LogP) is 7.38. The van der Waals surface area contributed by atoms with Crippen molar-refractivity contribution in [2.75, 3.05) is 13.1 Å². The van der Waals surface area contributed by atoms with Gasteiger partial charge >= 0.3 is 0 Å². The molecule has 0 aromatic heterocycles. The van der Waals surface area contributed by atoms with E-state index >= 15 is 0 Å². The first-order valence-corrected chi connectivity index (χ1v) is 19.1. The van der Waals surface area contributed by atoms with Crippen LogP contribution < -0.4 is 5.84 Å². The Morgan fingerprint density at radius 3 is 1.70 bits per heavy atom. The van der Waals surface area contributed by atoms with Crippen LogP contribution in [0.25, 0.3) is 0 Å². The SMILES string of the molecule is CCCC(=NN)c1cccc([N+](=O)[O-])c1.CCCCCCN1C(=O)C2C(C1=O)C2(CCC)c1cccc([N+](=O)[O-])c1.CCCCCCN1C(=O)C=CC1=O. The molecule has 3 aliphatic rings. The lowest BCUT2D eigenvalue weighted by atomic mass is 9.85. The summed E-state index contributed by atoms with van der Waals surface area (Å²) in [6, 6.07) is 12.8. The average Bonchev–Trinajstić information content (AvgIpc) is 3.63. The molecule has 1 aliphatic carbocycles. The van der Waals surface area contributed by atoms with E-state index in [1.54, 1.807) is 24.3 Å². The van der Waals surface area contributed by atoms with Gasteiger partial charge in [0.25, 0.3) is 23.2 Å². The average molecular weight is 747 g/mol. The summed E-state index contributed by atoms with van der Waals surface area (Å²) in [4.78, 5) is 71.4. The van der Waals surface area contributed by atoms with Gasteiger partial charge in [-0.05, 0) is 31.2 Å². The maximum atomic E-state index is 12.9. The van der Waals surface area contributed by atoms with Gasteiger partial charge in [0.05, 0.1) is 27.4 Å². The minimum atomic E-state index is -0.547. The van der Waals surface area contributed by atoms with Crippen LogP contribution in [-0.4, -0.2) is 62.1 Å². The molecule has 2 aliphatic heterocycles. The van der Waals surface area contributed by atoms with Gasteiger partial charge in [-0.2, -0.15) is 5.10 Å². The molecule has 0 radical (unpaired) electrons. The van der Waals surface area contributed by atoms with E-state index in [2.05, 4.69) is 18.9 Å². The van der Waals surface area contributed by atoms with Crippen molar-refractivity contribution in [3.63, 3.8) is 0 Å². The highest BCUT2D eigenvalue weighted by Gasteiger charge is 2.77. The van der Waals surface area contributed by atoms with Crippen LogP contribution >= 0.6 is 0 Å². The van der Waals surface area contributed by atoms with Gasteiger partial charge in [0, 0.05) is 60.5 Å². The van der Waals surface area contributed by atoms with Crippen LogP contribution in [0.2, 0.25) is 0 Å². The molecule has 4 amide bonds. The Hall–Kier alpha value is -5.27. The van der Waals surface area contributed by atoms with Crippen molar-refractivity contribution >= 4 is 40.7 Å². The monoisotopic (exact) mass is 746 g/mol. The first kappa shape index (κ1) is 43.1. The molecule has 1 saturated heterocycles. The normalized spacial score (nSPS) is 20.0. The lowest BCUT2D eigenvalue weighted by Gasteiger charge is -2.25. The highest BCUT2D eigenvalue weighted by Crippen LogP contribution is 2.67. The first-order valence-electron chi connectivity index (χ1n) is 19.1. The molecule has 2 unspecified atom stereocenters. The van der Waals surface area contributed by atoms with Crippen molar-refractivity contribution in [2.24, 2.45) is 22.8 Å². The van der Waals surface area contributed by atoms with Crippen molar-refractivity contribution in [2.45, 2.75) is 110 Å². The molecule has 2 aromatic carbocycles. The van der Waals surface area contributed by atoms with E-state index in [4.69, 9.17) is 5.84 Å². The summed E-state index contributed by atoms with van der Waals surface area (Å²) in [5.74, 6) is 4.04. The number of nitrogens with zero attached hydrogens (tertiary/aromatic N) is 5. The lowest BCUT2D eigenvalue weighted by Crippen LogP contribution is -2.39. The second kappa shape index (κ2) is 20.8. The fourth-order valence-corrected chi connectivity index (χ4v) is 7.33. The number of hydrogen-bond acceptors (Lipinski definition) is 10. The number of fused-ring (bicyclic) bond motifs is 1. The molecule has 0 spiro atoms. The summed E-state index contributed by atoms with van der Waals surface area (Å²) in [7, 11) is 0. The molecule has 2 fully saturated rings. The topological polar surface area (TPSA) is 199 Å². The third kappa shape index (κ3) is 10.4. The second-order valence-corrected chi connectivity index (χ2v) is 13.8. The third-order valence-electron chi connectivity index (χ3n) is 10.1. The summed E-state index contributed by atoms with van der Waals surface area (Å²) < 4.78 is 0. The van der Waals surface area contributed by atoms with Gasteiger partial charge in [-0.1, -0.05) is 103 Å². The molecule has 2 heterocycles. The first-order chi connectivity index (χ1) is 25.9. The van der Waals surface area contributed by atoms with E-state index in [0.29, 0.717) is 30.8 Å². The Kier molecular flexibility index (Phi) is 16.6. The molecule has 292 valence electrons. The summed E-state index contributed by atoms with van der Waals surface area (Å²) in [5, 5.41) is 25.3. The summed E-state index contributed by atoms with van der Waals surface area (Å²) in [5.41, 5.74) is 1.70. The van der Waals surface area contributed by atoms with Gasteiger partial charge in [-0.3, -0.25) is 49.2 Å². The third-order valence-corrected chi connectivity index (χ3v) is 10.1. The van der Waals surface area contributed by atoms with Gasteiger partial charge in [0.15, 0.2) is 0 Å². The van der Waals surface area contributed by atoms with E-state index < -0.39 is 15.3 Å². The van der Waals surface area contributed by atoms with E-state index in [-0.39, 0.29) is 46.8 Å². The molecule has 1 saturated carbocycles. The minimum Gasteiger partial charge on any atom is -0.323 e. The number of amides is 4. The zero-order valence-corrected chi connectivity index (χ0v) is 31.9. The van der Waals surface area contributed by atoms with Crippen molar-refractivity contribution in [3.05, 3.63) is 92.0 Å². The van der Waals surface area contributed by atoms with Crippen LogP contribution in [0.5, 0.6) is 0 Å². The smallest absolute Gasteiger partial charge is 0.270 e.